The molecule has 3 heterocycles. The van der Waals surface area contributed by atoms with Gasteiger partial charge < -0.3 is 9.72 Å². The maximum atomic E-state index is 5.80. The summed E-state index contributed by atoms with van der Waals surface area (Å²) < 4.78 is 8.58. The Kier molecular flexibility index (Phi) is 3.72. The Morgan fingerprint density at radius 2 is 1.92 bits per heavy atom. The van der Waals surface area contributed by atoms with Crippen LogP contribution in [0.3, 0.4) is 0 Å². The van der Waals surface area contributed by atoms with E-state index in [9.17, 15) is 0 Å². The van der Waals surface area contributed by atoms with Crippen LogP contribution in [-0.4, -0.2) is 24.8 Å². The van der Waals surface area contributed by atoms with E-state index in [0.717, 1.165) is 36.8 Å². The second kappa shape index (κ2) is 6.22. The zero-order valence-electron chi connectivity index (χ0n) is 13.4. The van der Waals surface area contributed by atoms with Gasteiger partial charge in [-0.15, -0.1) is 10.2 Å². The first-order valence-corrected chi connectivity index (χ1v) is 9.55. The molecule has 0 amide bonds. The molecule has 128 valence electrons. The van der Waals surface area contributed by atoms with Crippen molar-refractivity contribution in [1.29, 1.82) is 0 Å². The first-order chi connectivity index (χ1) is 12.8. The van der Waals surface area contributed by atoms with Crippen molar-refractivity contribution in [3.05, 3.63) is 64.1 Å². The first kappa shape index (κ1) is 15.5. The van der Waals surface area contributed by atoms with Crippen molar-refractivity contribution in [3.63, 3.8) is 0 Å². The Bertz CT molecular complexity index is 1170. The molecule has 2 aromatic carbocycles. The van der Waals surface area contributed by atoms with Crippen molar-refractivity contribution in [3.8, 4) is 17.3 Å². The molecule has 0 unspecified atom stereocenters. The number of para-hydroxylation sites is 1. The van der Waals surface area contributed by atoms with Crippen molar-refractivity contribution in [2.45, 2.75) is 6.61 Å². The number of benzene rings is 2. The summed E-state index contributed by atoms with van der Waals surface area (Å²) >= 11 is 4.89. The summed E-state index contributed by atoms with van der Waals surface area (Å²) in [4.78, 5) is 4.11. The summed E-state index contributed by atoms with van der Waals surface area (Å²) in [6, 6.07) is 17.9. The van der Waals surface area contributed by atoms with E-state index in [1.165, 1.54) is 11.3 Å². The zero-order chi connectivity index (χ0) is 17.5. The van der Waals surface area contributed by atoms with Crippen LogP contribution in [0.4, 0.5) is 0 Å². The van der Waals surface area contributed by atoms with E-state index in [2.05, 4.69) is 48.3 Å². The smallest absolute Gasteiger partial charge is 0.235 e. The van der Waals surface area contributed by atoms with Crippen molar-refractivity contribution < 1.29 is 4.74 Å². The Hall–Kier alpha value is -2.71. The lowest BCUT2D eigenvalue weighted by atomic mass is 10.2. The van der Waals surface area contributed by atoms with Gasteiger partial charge >= 0.3 is 0 Å². The van der Waals surface area contributed by atoms with Crippen LogP contribution < -0.4 is 4.74 Å². The van der Waals surface area contributed by atoms with Crippen LogP contribution >= 0.6 is 27.3 Å². The fraction of sp³-hybridized carbons (Fsp3) is 0.0556. The Labute approximate surface area is 160 Å². The number of aromatic nitrogens is 5. The number of nitrogens with zero attached hydrogens (tertiary/aromatic N) is 4. The molecule has 0 spiro atoms. The van der Waals surface area contributed by atoms with Gasteiger partial charge in [0.1, 0.15) is 12.4 Å². The number of ether oxygens (including phenoxy) is 1. The van der Waals surface area contributed by atoms with Gasteiger partial charge in [-0.3, -0.25) is 0 Å². The average molecular weight is 426 g/mol. The molecule has 0 bridgehead atoms. The highest BCUT2D eigenvalue weighted by Crippen LogP contribution is 2.25. The van der Waals surface area contributed by atoms with Gasteiger partial charge in [-0.05, 0) is 36.4 Å². The Morgan fingerprint density at radius 1 is 1.08 bits per heavy atom. The summed E-state index contributed by atoms with van der Waals surface area (Å²) in [6.45, 7) is 0.391. The van der Waals surface area contributed by atoms with Crippen molar-refractivity contribution in [1.82, 2.24) is 24.8 Å². The van der Waals surface area contributed by atoms with Crippen LogP contribution in [0.5, 0.6) is 5.75 Å². The summed E-state index contributed by atoms with van der Waals surface area (Å²) in [7, 11) is 0. The Morgan fingerprint density at radius 3 is 2.77 bits per heavy atom. The first-order valence-electron chi connectivity index (χ1n) is 7.94. The maximum Gasteiger partial charge on any atom is 0.235 e. The number of rotatable bonds is 4. The van der Waals surface area contributed by atoms with Gasteiger partial charge in [-0.25, -0.2) is 0 Å². The SMILES string of the molecule is Brc1ccc(OCc2nn3c(-c4cc5ccccc5[nH]4)nnc3s2)cc1. The third kappa shape index (κ3) is 2.77. The number of hydrogen-bond acceptors (Lipinski definition) is 5. The molecule has 8 heteroatoms. The second-order valence-electron chi connectivity index (χ2n) is 5.73. The van der Waals surface area contributed by atoms with Gasteiger partial charge in [0, 0.05) is 15.4 Å². The molecule has 0 fully saturated rings. The van der Waals surface area contributed by atoms with Crippen LogP contribution in [0.25, 0.3) is 27.4 Å². The number of nitrogens with one attached hydrogen (secondary N) is 1. The quantitative estimate of drug-likeness (QED) is 0.453. The van der Waals surface area contributed by atoms with Gasteiger partial charge in [0.05, 0.1) is 5.69 Å². The molecule has 0 aliphatic rings. The Balaban J connectivity index is 1.44. The van der Waals surface area contributed by atoms with Crippen molar-refractivity contribution in [2.24, 2.45) is 0 Å². The molecule has 0 atom stereocenters. The summed E-state index contributed by atoms with van der Waals surface area (Å²) in [5.41, 5.74) is 1.96. The molecule has 5 aromatic rings. The lowest BCUT2D eigenvalue weighted by Crippen LogP contribution is -1.97. The maximum absolute atomic E-state index is 5.80. The van der Waals surface area contributed by atoms with Gasteiger partial charge in [-0.2, -0.15) is 9.61 Å². The van der Waals surface area contributed by atoms with E-state index < -0.39 is 0 Å². The molecule has 6 nitrogen and oxygen atoms in total. The molecule has 5 rings (SSSR count). The van der Waals surface area contributed by atoms with Gasteiger partial charge in [-0.1, -0.05) is 45.5 Å². The van der Waals surface area contributed by atoms with Crippen LogP contribution in [0, 0.1) is 0 Å². The number of halogens is 1. The molecule has 0 saturated heterocycles. The summed E-state index contributed by atoms with van der Waals surface area (Å²) in [6.07, 6.45) is 0. The third-order valence-electron chi connectivity index (χ3n) is 3.98. The van der Waals surface area contributed by atoms with Crippen LogP contribution in [0.2, 0.25) is 0 Å². The highest BCUT2D eigenvalue weighted by molar-refractivity contribution is 9.10. The molecule has 26 heavy (non-hydrogen) atoms. The molecule has 0 radical (unpaired) electrons. The highest BCUT2D eigenvalue weighted by atomic mass is 79.9. The minimum Gasteiger partial charge on any atom is -0.486 e. The molecule has 0 saturated carbocycles. The number of aromatic amines is 1. The van der Waals surface area contributed by atoms with Gasteiger partial charge in [0.25, 0.3) is 0 Å². The van der Waals surface area contributed by atoms with E-state index >= 15 is 0 Å². The monoisotopic (exact) mass is 425 g/mol. The van der Waals surface area contributed by atoms with E-state index in [1.807, 2.05) is 42.5 Å². The lowest BCUT2D eigenvalue weighted by Gasteiger charge is -2.03. The number of hydrogen-bond donors (Lipinski definition) is 1. The van der Waals surface area contributed by atoms with Gasteiger partial charge in [0.2, 0.25) is 10.8 Å². The van der Waals surface area contributed by atoms with E-state index in [1.54, 1.807) is 4.52 Å². The lowest BCUT2D eigenvalue weighted by molar-refractivity contribution is 0.304. The van der Waals surface area contributed by atoms with E-state index in [4.69, 9.17) is 4.74 Å². The highest BCUT2D eigenvalue weighted by Gasteiger charge is 2.15. The molecule has 1 N–H and O–H groups in total. The predicted molar refractivity (Wildman–Crippen MR) is 104 cm³/mol. The number of fused-ring (bicyclic) bond motifs is 2. The van der Waals surface area contributed by atoms with Crippen molar-refractivity contribution in [2.75, 3.05) is 0 Å². The van der Waals surface area contributed by atoms with E-state index in [-0.39, 0.29) is 0 Å². The largest absolute Gasteiger partial charge is 0.486 e. The molecular weight excluding hydrogens is 414 g/mol. The standard InChI is InChI=1S/C18H12BrN5OS/c19-12-5-7-13(8-6-12)25-10-16-23-24-17(21-22-18(24)26-16)15-9-11-3-1-2-4-14(11)20-15/h1-9,20H,10H2. The van der Waals surface area contributed by atoms with Crippen LogP contribution in [0.15, 0.2) is 59.1 Å². The minimum atomic E-state index is 0.391. The second-order valence-corrected chi connectivity index (χ2v) is 7.68. The summed E-state index contributed by atoms with van der Waals surface area (Å²) in [5, 5.41) is 15.1. The fourth-order valence-electron chi connectivity index (χ4n) is 2.75. The van der Waals surface area contributed by atoms with Crippen LogP contribution in [0.1, 0.15) is 5.01 Å². The fourth-order valence-corrected chi connectivity index (χ4v) is 3.76. The van der Waals surface area contributed by atoms with Crippen molar-refractivity contribution >= 4 is 43.1 Å². The molecular formula is C18H12BrN5OS. The third-order valence-corrected chi connectivity index (χ3v) is 5.38. The normalized spacial score (nSPS) is 11.4. The topological polar surface area (TPSA) is 68.1 Å². The summed E-state index contributed by atoms with van der Waals surface area (Å²) in [5.74, 6) is 1.50. The zero-order valence-corrected chi connectivity index (χ0v) is 15.8. The van der Waals surface area contributed by atoms with Gasteiger partial charge in [0.15, 0.2) is 5.01 Å². The molecule has 3 aromatic heterocycles. The molecule has 0 aliphatic heterocycles. The van der Waals surface area contributed by atoms with E-state index in [0.29, 0.717) is 12.4 Å². The molecule has 0 aliphatic carbocycles. The average Bonchev–Trinajstić information content (AvgIpc) is 3.34. The minimum absolute atomic E-state index is 0.391. The number of H-pyrrole nitrogens is 1. The van der Waals surface area contributed by atoms with Crippen LogP contribution in [-0.2, 0) is 6.61 Å². The predicted octanol–water partition coefficient (Wildman–Crippen LogP) is 4.68.